The number of carbonyl (C=O) groups is 1. The van der Waals surface area contributed by atoms with E-state index in [4.69, 9.17) is 5.73 Å². The molecule has 2 atom stereocenters. The number of hydrogen-bond donors (Lipinski definition) is 3. The molecule has 1 aliphatic rings. The molecular weight excluding hydrogens is 184 g/mol. The molecule has 0 aromatic carbocycles. The van der Waals surface area contributed by atoms with Crippen molar-refractivity contribution < 1.29 is 4.79 Å². The summed E-state index contributed by atoms with van der Waals surface area (Å²) in [7, 11) is 0. The van der Waals surface area contributed by atoms with Crippen molar-refractivity contribution in [1.29, 1.82) is 0 Å². The fraction of sp³-hybridized carbons (Fsp3) is 0.667. The maximum absolute atomic E-state index is 10.7. The number of nitrogens with two attached hydrogens (primary N) is 1. The second kappa shape index (κ2) is 5.29. The van der Waals surface area contributed by atoms with E-state index in [2.05, 4.69) is 24.0 Å². The van der Waals surface area contributed by atoms with E-state index in [1.807, 2.05) is 6.08 Å². The van der Waals surface area contributed by atoms with Crippen LogP contribution in [0.4, 0.5) is 4.79 Å². The van der Waals surface area contributed by atoms with Gasteiger partial charge in [0, 0.05) is 12.1 Å². The monoisotopic (exact) mass is 200 g/mol. The number of nitrogens with one attached hydrogen (secondary N) is 1. The molecule has 1 aliphatic carbocycles. The van der Waals surface area contributed by atoms with Gasteiger partial charge in [0.05, 0.1) is 0 Å². The van der Waals surface area contributed by atoms with Crippen molar-refractivity contribution in [2.24, 2.45) is 5.73 Å². The lowest BCUT2D eigenvalue weighted by Gasteiger charge is -2.23. The Morgan fingerprint density at radius 2 is 2.31 bits per heavy atom. The minimum Gasteiger partial charge on any atom is -0.343 e. The maximum Gasteiger partial charge on any atom is 0.276 e. The molecule has 4 heteroatoms. The Morgan fingerprint density at radius 3 is 3.00 bits per heavy atom. The first-order chi connectivity index (χ1) is 6.20. The van der Waals surface area contributed by atoms with Crippen LogP contribution in [-0.2, 0) is 0 Å². The molecule has 0 radical (unpaired) electrons. The maximum atomic E-state index is 10.7. The summed E-state index contributed by atoms with van der Waals surface area (Å²) in [5.41, 5.74) is 5.86. The Morgan fingerprint density at radius 1 is 1.54 bits per heavy atom. The molecule has 0 fully saturated rings. The number of hydrogen-bond acceptors (Lipinski definition) is 2. The van der Waals surface area contributed by atoms with Crippen LogP contribution in [0.5, 0.6) is 0 Å². The molecule has 0 spiro atoms. The minimum absolute atomic E-state index is 0.0431. The summed E-state index contributed by atoms with van der Waals surface area (Å²) < 4.78 is 0. The van der Waals surface area contributed by atoms with Crippen LogP contribution >= 0.6 is 12.6 Å². The lowest BCUT2D eigenvalue weighted by atomic mass is 9.98. The third-order valence-corrected chi connectivity index (χ3v) is 2.40. The molecule has 13 heavy (non-hydrogen) atoms. The average Bonchev–Trinajstić information content (AvgIpc) is 2.04. The van der Waals surface area contributed by atoms with Crippen molar-refractivity contribution in [3.8, 4) is 0 Å². The molecule has 2 unspecified atom stereocenters. The average molecular weight is 200 g/mol. The molecule has 0 aromatic heterocycles. The molecule has 0 heterocycles. The fourth-order valence-corrected chi connectivity index (χ4v) is 1.70. The van der Waals surface area contributed by atoms with Gasteiger partial charge in [-0.05, 0) is 19.3 Å². The van der Waals surface area contributed by atoms with Gasteiger partial charge in [-0.25, -0.2) is 0 Å². The second-order valence-corrected chi connectivity index (χ2v) is 3.75. The highest BCUT2D eigenvalue weighted by molar-refractivity contribution is 7.96. The number of allylic oxidation sites excluding steroid dienone is 1. The zero-order valence-electron chi connectivity index (χ0n) is 7.57. The van der Waals surface area contributed by atoms with E-state index in [0.29, 0.717) is 0 Å². The third kappa shape index (κ3) is 3.83. The summed E-state index contributed by atoms with van der Waals surface area (Å²) in [6, 6.07) is -0.0297. The van der Waals surface area contributed by atoms with E-state index in [1.165, 1.54) is 6.42 Å². The quantitative estimate of drug-likeness (QED) is 0.443. The Bertz CT molecular complexity index is 206. The zero-order valence-corrected chi connectivity index (χ0v) is 8.47. The Balaban J connectivity index is 2.52. The van der Waals surface area contributed by atoms with Crippen molar-refractivity contribution in [2.75, 3.05) is 0 Å². The number of rotatable bonds is 1. The Hall–Kier alpha value is -0.480. The molecule has 3 N–H and O–H groups in total. The van der Waals surface area contributed by atoms with Gasteiger partial charge in [-0.2, -0.15) is 0 Å². The molecule has 74 valence electrons. The van der Waals surface area contributed by atoms with Crippen LogP contribution in [0.2, 0.25) is 0 Å². The molecular formula is C9H16N2OS. The first-order valence-corrected chi connectivity index (χ1v) is 5.06. The van der Waals surface area contributed by atoms with Crippen molar-refractivity contribution in [1.82, 2.24) is 5.32 Å². The Kier molecular flexibility index (Phi) is 4.32. The van der Waals surface area contributed by atoms with E-state index in [1.54, 1.807) is 0 Å². The third-order valence-electron chi connectivity index (χ3n) is 2.27. The summed E-state index contributed by atoms with van der Waals surface area (Å²) in [6.45, 7) is 0. The molecule has 0 aromatic rings. The SMILES string of the molecule is NC1/C=C/CCCCC1NC(=O)S. The normalized spacial score (nSPS) is 31.5. The van der Waals surface area contributed by atoms with Gasteiger partial charge in [0.15, 0.2) is 0 Å². The lowest BCUT2D eigenvalue weighted by Crippen LogP contribution is -2.45. The number of carbonyl (C=O) groups excluding carboxylic acids is 1. The van der Waals surface area contributed by atoms with Crippen LogP contribution in [0.1, 0.15) is 25.7 Å². The number of amides is 1. The van der Waals surface area contributed by atoms with Gasteiger partial charge in [-0.1, -0.05) is 31.2 Å². The van der Waals surface area contributed by atoms with Gasteiger partial charge >= 0.3 is 0 Å². The van der Waals surface area contributed by atoms with Crippen LogP contribution in [-0.4, -0.2) is 17.3 Å². The standard InChI is InChI=1S/C9H16N2OS/c10-7-5-3-1-2-4-6-8(7)11-9(12)13/h3,5,7-8H,1-2,4,6,10H2,(H2,11,12,13)/b5-3+. The van der Waals surface area contributed by atoms with Gasteiger partial charge in [0.1, 0.15) is 0 Å². The van der Waals surface area contributed by atoms with Gasteiger partial charge in [0.25, 0.3) is 5.24 Å². The first kappa shape index (κ1) is 10.6. The molecule has 3 nitrogen and oxygen atoms in total. The van der Waals surface area contributed by atoms with Gasteiger partial charge < -0.3 is 11.1 Å². The summed E-state index contributed by atoms with van der Waals surface area (Å²) in [6.07, 6.45) is 8.36. The van der Waals surface area contributed by atoms with E-state index in [0.717, 1.165) is 19.3 Å². The number of thiol groups is 1. The largest absolute Gasteiger partial charge is 0.343 e. The molecule has 0 bridgehead atoms. The van der Waals surface area contributed by atoms with Crippen LogP contribution < -0.4 is 11.1 Å². The van der Waals surface area contributed by atoms with Gasteiger partial charge in [-0.3, -0.25) is 4.79 Å². The zero-order chi connectivity index (χ0) is 9.68. The van der Waals surface area contributed by atoms with E-state index < -0.39 is 0 Å². The highest BCUT2D eigenvalue weighted by atomic mass is 32.1. The second-order valence-electron chi connectivity index (χ2n) is 3.35. The van der Waals surface area contributed by atoms with E-state index >= 15 is 0 Å². The van der Waals surface area contributed by atoms with E-state index in [-0.39, 0.29) is 17.3 Å². The highest BCUT2D eigenvalue weighted by Crippen LogP contribution is 2.11. The van der Waals surface area contributed by atoms with Crippen molar-refractivity contribution >= 4 is 17.9 Å². The summed E-state index contributed by atoms with van der Waals surface area (Å²) in [5.74, 6) is 0. The predicted molar refractivity (Wildman–Crippen MR) is 56.9 cm³/mol. The molecule has 0 saturated heterocycles. The van der Waals surface area contributed by atoms with Crippen LogP contribution in [0.3, 0.4) is 0 Å². The predicted octanol–water partition coefficient (Wildman–Crippen LogP) is 1.45. The van der Waals surface area contributed by atoms with Crippen LogP contribution in [0, 0.1) is 0 Å². The minimum atomic E-state index is -0.297. The molecule has 1 rings (SSSR count). The smallest absolute Gasteiger partial charge is 0.276 e. The molecule has 0 aliphatic heterocycles. The fourth-order valence-electron chi connectivity index (χ4n) is 1.53. The topological polar surface area (TPSA) is 55.1 Å². The first-order valence-electron chi connectivity index (χ1n) is 4.62. The Labute approximate surface area is 84.2 Å². The lowest BCUT2D eigenvalue weighted by molar-refractivity contribution is 0.255. The summed E-state index contributed by atoms with van der Waals surface area (Å²) in [5, 5.41) is 2.45. The van der Waals surface area contributed by atoms with Gasteiger partial charge in [0.2, 0.25) is 0 Å². The van der Waals surface area contributed by atoms with Crippen LogP contribution in [0.15, 0.2) is 12.2 Å². The van der Waals surface area contributed by atoms with Crippen molar-refractivity contribution in [3.05, 3.63) is 12.2 Å². The van der Waals surface area contributed by atoms with Crippen molar-refractivity contribution in [2.45, 2.75) is 37.8 Å². The van der Waals surface area contributed by atoms with E-state index in [9.17, 15) is 4.79 Å². The summed E-state index contributed by atoms with van der Waals surface area (Å²) in [4.78, 5) is 10.7. The molecule has 1 amide bonds. The van der Waals surface area contributed by atoms with Crippen molar-refractivity contribution in [3.63, 3.8) is 0 Å². The highest BCUT2D eigenvalue weighted by Gasteiger charge is 2.17. The molecule has 0 saturated carbocycles. The van der Waals surface area contributed by atoms with Crippen LogP contribution in [0.25, 0.3) is 0 Å². The van der Waals surface area contributed by atoms with Gasteiger partial charge in [-0.15, -0.1) is 0 Å². The summed E-state index contributed by atoms with van der Waals surface area (Å²) >= 11 is 3.68.